The van der Waals surface area contributed by atoms with Crippen molar-refractivity contribution in [1.82, 2.24) is 9.38 Å². The van der Waals surface area contributed by atoms with Crippen molar-refractivity contribution in [2.24, 2.45) is 5.41 Å². The number of aldehydes is 1. The predicted molar refractivity (Wildman–Crippen MR) is 82.9 cm³/mol. The molecule has 0 atom stereocenters. The average Bonchev–Trinajstić information content (AvgIpc) is 3.12. The summed E-state index contributed by atoms with van der Waals surface area (Å²) in [5.41, 5.74) is 2.14. The van der Waals surface area contributed by atoms with Crippen LogP contribution in [0.25, 0.3) is 5.65 Å². The first-order chi connectivity index (χ1) is 10.3. The zero-order valence-electron chi connectivity index (χ0n) is 12.3. The molecule has 110 valence electrons. The Balaban J connectivity index is 1.64. The smallest absolute Gasteiger partial charge is 0.170 e. The summed E-state index contributed by atoms with van der Waals surface area (Å²) < 4.78 is 1.89. The van der Waals surface area contributed by atoms with Gasteiger partial charge in [0.05, 0.1) is 0 Å². The lowest BCUT2D eigenvalue weighted by Crippen LogP contribution is -2.39. The average molecular weight is 283 g/mol. The van der Waals surface area contributed by atoms with Crippen molar-refractivity contribution in [1.29, 1.82) is 0 Å². The van der Waals surface area contributed by atoms with E-state index in [2.05, 4.69) is 9.88 Å². The van der Waals surface area contributed by atoms with Crippen molar-refractivity contribution in [3.8, 4) is 0 Å². The molecule has 0 aromatic carbocycles. The summed E-state index contributed by atoms with van der Waals surface area (Å²) in [6.07, 6.45) is 10.9. The molecule has 1 aliphatic carbocycles. The van der Waals surface area contributed by atoms with Gasteiger partial charge in [-0.2, -0.15) is 0 Å². The number of carbonyl (C=O) groups excluding carboxylic acids is 1. The topological polar surface area (TPSA) is 37.6 Å². The van der Waals surface area contributed by atoms with E-state index >= 15 is 0 Å². The van der Waals surface area contributed by atoms with Crippen molar-refractivity contribution in [2.45, 2.75) is 38.5 Å². The summed E-state index contributed by atoms with van der Waals surface area (Å²) in [5.74, 6) is 0.865. The number of carbonyl (C=O) groups is 1. The molecule has 2 aliphatic rings. The first-order valence-electron chi connectivity index (χ1n) is 7.99. The van der Waals surface area contributed by atoms with Crippen LogP contribution >= 0.6 is 0 Å². The number of aromatic nitrogens is 2. The molecule has 0 unspecified atom stereocenters. The Morgan fingerprint density at radius 3 is 2.57 bits per heavy atom. The highest BCUT2D eigenvalue weighted by Gasteiger charge is 2.37. The molecule has 1 spiro atoms. The number of anilines is 1. The van der Waals surface area contributed by atoms with Crippen LogP contribution in [0.1, 0.15) is 49.0 Å². The molecule has 0 amide bonds. The van der Waals surface area contributed by atoms with Gasteiger partial charge in [0.2, 0.25) is 0 Å². The van der Waals surface area contributed by atoms with E-state index in [9.17, 15) is 4.79 Å². The van der Waals surface area contributed by atoms with Gasteiger partial charge in [0, 0.05) is 19.3 Å². The molecule has 0 N–H and O–H groups in total. The third-order valence-electron chi connectivity index (χ3n) is 5.45. The lowest BCUT2D eigenvalue weighted by molar-refractivity contribution is 0.111. The molecule has 2 aromatic heterocycles. The molecule has 4 nitrogen and oxygen atoms in total. The third kappa shape index (κ3) is 2.04. The van der Waals surface area contributed by atoms with Gasteiger partial charge in [-0.1, -0.05) is 18.9 Å². The molecule has 2 aromatic rings. The number of nitrogens with zero attached hydrogens (tertiary/aromatic N) is 3. The van der Waals surface area contributed by atoms with Gasteiger partial charge >= 0.3 is 0 Å². The number of pyridine rings is 1. The second-order valence-corrected chi connectivity index (χ2v) is 6.56. The van der Waals surface area contributed by atoms with Crippen molar-refractivity contribution in [3.05, 3.63) is 30.1 Å². The molecule has 1 saturated carbocycles. The standard InChI is InChI=1S/C17H21N3O/c21-13-14-16(18-15-5-1-4-10-20(14)15)19-11-8-17(9-12-19)6-2-3-7-17/h1,4-5,10,13H,2-3,6-9,11-12H2. The maximum absolute atomic E-state index is 11.5. The Hall–Kier alpha value is -1.84. The van der Waals surface area contributed by atoms with Gasteiger partial charge in [-0.3, -0.25) is 9.20 Å². The van der Waals surface area contributed by atoms with Crippen LogP contribution in [-0.2, 0) is 0 Å². The monoisotopic (exact) mass is 283 g/mol. The van der Waals surface area contributed by atoms with Crippen molar-refractivity contribution in [3.63, 3.8) is 0 Å². The van der Waals surface area contributed by atoms with Crippen LogP contribution in [0.15, 0.2) is 24.4 Å². The van der Waals surface area contributed by atoms with Crippen LogP contribution in [0.4, 0.5) is 5.82 Å². The molecule has 1 saturated heterocycles. The van der Waals surface area contributed by atoms with Crippen molar-refractivity contribution < 1.29 is 4.79 Å². The van der Waals surface area contributed by atoms with Crippen LogP contribution in [0.5, 0.6) is 0 Å². The maximum atomic E-state index is 11.5. The van der Waals surface area contributed by atoms with Gasteiger partial charge in [0.25, 0.3) is 0 Å². The minimum atomic E-state index is 0.594. The summed E-state index contributed by atoms with van der Waals surface area (Å²) in [4.78, 5) is 18.5. The quantitative estimate of drug-likeness (QED) is 0.794. The van der Waals surface area contributed by atoms with E-state index in [-0.39, 0.29) is 0 Å². The van der Waals surface area contributed by atoms with Gasteiger partial charge in [0.1, 0.15) is 11.3 Å². The Morgan fingerprint density at radius 2 is 1.86 bits per heavy atom. The van der Waals surface area contributed by atoms with E-state index < -0.39 is 0 Å². The summed E-state index contributed by atoms with van der Waals surface area (Å²) in [5, 5.41) is 0. The number of imidazole rings is 1. The van der Waals surface area contributed by atoms with E-state index in [1.54, 1.807) is 0 Å². The lowest BCUT2D eigenvalue weighted by Gasteiger charge is -2.39. The fourth-order valence-corrected chi connectivity index (χ4v) is 4.16. The molecule has 3 heterocycles. The fourth-order valence-electron chi connectivity index (χ4n) is 4.16. The van der Waals surface area contributed by atoms with Gasteiger partial charge in [-0.25, -0.2) is 4.98 Å². The summed E-state index contributed by atoms with van der Waals surface area (Å²) in [7, 11) is 0. The number of fused-ring (bicyclic) bond motifs is 1. The van der Waals surface area contributed by atoms with Gasteiger partial charge in [0.15, 0.2) is 12.1 Å². The third-order valence-corrected chi connectivity index (χ3v) is 5.45. The van der Waals surface area contributed by atoms with E-state index in [1.165, 1.54) is 38.5 Å². The van der Waals surface area contributed by atoms with Crippen LogP contribution in [-0.4, -0.2) is 28.8 Å². The van der Waals surface area contributed by atoms with Crippen LogP contribution in [0.2, 0.25) is 0 Å². The minimum absolute atomic E-state index is 0.594. The Morgan fingerprint density at radius 1 is 1.10 bits per heavy atom. The normalized spacial score (nSPS) is 21.2. The highest BCUT2D eigenvalue weighted by atomic mass is 16.1. The molecular weight excluding hydrogens is 262 g/mol. The minimum Gasteiger partial charge on any atom is -0.355 e. The molecule has 4 heteroatoms. The SMILES string of the molecule is O=Cc1c(N2CCC3(CCCC3)CC2)nc2ccccn12. The van der Waals surface area contributed by atoms with Crippen molar-refractivity contribution in [2.75, 3.05) is 18.0 Å². The Bertz CT molecular complexity index is 660. The second-order valence-electron chi connectivity index (χ2n) is 6.56. The molecule has 21 heavy (non-hydrogen) atoms. The maximum Gasteiger partial charge on any atom is 0.170 e. The Labute approximate surface area is 124 Å². The van der Waals surface area contributed by atoms with Crippen molar-refractivity contribution >= 4 is 17.8 Å². The van der Waals surface area contributed by atoms with Crippen LogP contribution in [0.3, 0.4) is 0 Å². The summed E-state index contributed by atoms with van der Waals surface area (Å²) in [6, 6.07) is 5.86. The van der Waals surface area contributed by atoms with Crippen LogP contribution in [0, 0.1) is 5.41 Å². The van der Waals surface area contributed by atoms with Gasteiger partial charge in [-0.15, -0.1) is 0 Å². The molecule has 0 bridgehead atoms. The second kappa shape index (κ2) is 4.86. The van der Waals surface area contributed by atoms with E-state index in [1.807, 2.05) is 28.8 Å². The van der Waals surface area contributed by atoms with E-state index in [0.29, 0.717) is 11.1 Å². The zero-order valence-corrected chi connectivity index (χ0v) is 12.3. The highest BCUT2D eigenvalue weighted by Crippen LogP contribution is 2.46. The summed E-state index contributed by atoms with van der Waals surface area (Å²) >= 11 is 0. The van der Waals surface area contributed by atoms with E-state index in [0.717, 1.165) is 30.8 Å². The first kappa shape index (κ1) is 12.9. The van der Waals surface area contributed by atoms with Crippen LogP contribution < -0.4 is 4.90 Å². The summed E-state index contributed by atoms with van der Waals surface area (Å²) in [6.45, 7) is 2.06. The largest absolute Gasteiger partial charge is 0.355 e. The Kier molecular flexibility index (Phi) is 2.98. The zero-order chi connectivity index (χ0) is 14.3. The number of piperidine rings is 1. The molecule has 4 rings (SSSR count). The first-order valence-corrected chi connectivity index (χ1v) is 7.99. The fraction of sp³-hybridized carbons (Fsp3) is 0.529. The van der Waals surface area contributed by atoms with Gasteiger partial charge in [-0.05, 0) is 43.2 Å². The lowest BCUT2D eigenvalue weighted by atomic mass is 9.77. The molecule has 0 radical (unpaired) electrons. The highest BCUT2D eigenvalue weighted by molar-refractivity contribution is 5.83. The predicted octanol–water partition coefficient (Wildman–Crippen LogP) is 3.31. The number of hydrogen-bond donors (Lipinski definition) is 0. The number of rotatable bonds is 2. The molecule has 1 aliphatic heterocycles. The van der Waals surface area contributed by atoms with Gasteiger partial charge < -0.3 is 4.90 Å². The molecule has 2 fully saturated rings. The molecular formula is C17H21N3O. The van der Waals surface area contributed by atoms with E-state index in [4.69, 9.17) is 0 Å². The number of hydrogen-bond acceptors (Lipinski definition) is 3.